The van der Waals surface area contributed by atoms with Gasteiger partial charge >= 0.3 is 0 Å². The van der Waals surface area contributed by atoms with Crippen LogP contribution in [0.25, 0.3) is 5.57 Å². The van der Waals surface area contributed by atoms with E-state index in [1.807, 2.05) is 18.0 Å². The third-order valence-corrected chi connectivity index (χ3v) is 5.36. The molecule has 0 bridgehead atoms. The Kier molecular flexibility index (Phi) is 5.56. The van der Waals surface area contributed by atoms with Crippen molar-refractivity contribution < 1.29 is 0 Å². The summed E-state index contributed by atoms with van der Waals surface area (Å²) in [4.78, 5) is 6.02. The number of hydrogen-bond acceptors (Lipinski definition) is 2. The summed E-state index contributed by atoms with van der Waals surface area (Å²) in [5.74, 6) is 1.82. The number of nitrogens with zero attached hydrogens (tertiary/aromatic N) is 1. The quantitative estimate of drug-likeness (QED) is 0.614. The van der Waals surface area contributed by atoms with E-state index in [0.29, 0.717) is 5.92 Å². The van der Waals surface area contributed by atoms with E-state index in [0.717, 1.165) is 11.4 Å². The lowest BCUT2D eigenvalue weighted by Gasteiger charge is -2.12. The number of pyridine rings is 1. The first-order valence-corrected chi connectivity index (χ1v) is 9.63. The van der Waals surface area contributed by atoms with Crippen molar-refractivity contribution >= 4 is 17.3 Å². The van der Waals surface area contributed by atoms with Crippen LogP contribution in [0.3, 0.4) is 0 Å². The van der Waals surface area contributed by atoms with E-state index >= 15 is 0 Å². The van der Waals surface area contributed by atoms with Gasteiger partial charge in [-0.3, -0.25) is 4.98 Å². The maximum absolute atomic E-state index is 4.68. The summed E-state index contributed by atoms with van der Waals surface area (Å²) in [5.41, 5.74) is 4.89. The van der Waals surface area contributed by atoms with Crippen LogP contribution in [0.2, 0.25) is 0 Å². The van der Waals surface area contributed by atoms with Gasteiger partial charge in [-0.1, -0.05) is 44.0 Å². The van der Waals surface area contributed by atoms with Crippen molar-refractivity contribution in [1.82, 2.24) is 4.98 Å². The summed E-state index contributed by atoms with van der Waals surface area (Å²) < 4.78 is 0. The lowest BCUT2D eigenvalue weighted by molar-refractivity contribution is 0.687. The zero-order chi connectivity index (χ0) is 16.1. The van der Waals surface area contributed by atoms with E-state index in [2.05, 4.69) is 61.3 Å². The van der Waals surface area contributed by atoms with Gasteiger partial charge in [0.25, 0.3) is 0 Å². The van der Waals surface area contributed by atoms with Crippen molar-refractivity contribution in [2.45, 2.75) is 44.4 Å². The molecule has 0 N–H and O–H groups in total. The molecule has 1 heterocycles. The molecule has 1 saturated carbocycles. The van der Waals surface area contributed by atoms with Crippen LogP contribution in [0, 0.1) is 12.8 Å². The molecule has 2 heteroatoms. The smallest absolute Gasteiger partial charge is 0.0705 e. The first kappa shape index (κ1) is 16.3. The Morgan fingerprint density at radius 2 is 1.87 bits per heavy atom. The Morgan fingerprint density at radius 3 is 2.48 bits per heavy atom. The highest BCUT2D eigenvalue weighted by Crippen LogP contribution is 2.32. The summed E-state index contributed by atoms with van der Waals surface area (Å²) in [7, 11) is 0. The van der Waals surface area contributed by atoms with Crippen LogP contribution < -0.4 is 0 Å². The molecule has 0 radical (unpaired) electrons. The summed E-state index contributed by atoms with van der Waals surface area (Å²) in [5, 5.41) is 0. The van der Waals surface area contributed by atoms with E-state index in [-0.39, 0.29) is 0 Å². The van der Waals surface area contributed by atoms with Crippen LogP contribution in [0.5, 0.6) is 0 Å². The van der Waals surface area contributed by atoms with Gasteiger partial charge < -0.3 is 0 Å². The zero-order valence-corrected chi connectivity index (χ0v) is 14.9. The minimum absolute atomic E-state index is 0.706. The number of rotatable bonds is 5. The van der Waals surface area contributed by atoms with Gasteiger partial charge in [0, 0.05) is 16.7 Å². The fourth-order valence-corrected chi connectivity index (χ4v) is 3.88. The summed E-state index contributed by atoms with van der Waals surface area (Å²) in [6, 6.07) is 13.3. The normalized spacial score (nSPS) is 16.0. The second-order valence-corrected chi connectivity index (χ2v) is 7.64. The van der Waals surface area contributed by atoms with Crippen molar-refractivity contribution in [2.75, 3.05) is 5.75 Å². The number of hydrogen-bond donors (Lipinski definition) is 0. The number of allylic oxidation sites excluding steroid dienone is 1. The first-order chi connectivity index (χ1) is 11.3. The minimum atomic E-state index is 0.706. The van der Waals surface area contributed by atoms with Gasteiger partial charge in [-0.15, -0.1) is 11.8 Å². The Balaban J connectivity index is 1.95. The number of aryl methyl sites for hydroxylation is 1. The predicted molar refractivity (Wildman–Crippen MR) is 101 cm³/mol. The molecule has 1 aliphatic carbocycles. The first-order valence-electron chi connectivity index (χ1n) is 8.64. The molecule has 3 rings (SSSR count). The van der Waals surface area contributed by atoms with E-state index < -0.39 is 0 Å². The van der Waals surface area contributed by atoms with Crippen molar-refractivity contribution in [3.05, 3.63) is 65.5 Å². The molecule has 1 aliphatic rings. The molecule has 0 atom stereocenters. The fourth-order valence-electron chi connectivity index (χ4n) is 3.21. The van der Waals surface area contributed by atoms with E-state index in [9.17, 15) is 0 Å². The SMILES string of the molecule is CCSc1ccc(/C(=C\C2CCCC2)c2ccc(C)cn2)cc1. The average molecular weight is 324 g/mol. The van der Waals surface area contributed by atoms with Gasteiger partial charge in [-0.2, -0.15) is 0 Å². The van der Waals surface area contributed by atoms with Crippen molar-refractivity contribution in [3.63, 3.8) is 0 Å². The number of thioether (sulfide) groups is 1. The Bertz CT molecular complexity index is 649. The molecule has 120 valence electrons. The van der Waals surface area contributed by atoms with Gasteiger partial charge in [0.15, 0.2) is 0 Å². The fraction of sp³-hybridized carbons (Fsp3) is 0.381. The molecular formula is C21H25NS. The standard InChI is InChI=1S/C21H25NS/c1-3-23-19-11-9-18(10-12-19)20(14-17-6-4-5-7-17)21-13-8-16(2)15-22-21/h8-15,17H,3-7H2,1-2H3/b20-14+. The van der Waals surface area contributed by atoms with Gasteiger partial charge in [0.05, 0.1) is 5.69 Å². The van der Waals surface area contributed by atoms with Gasteiger partial charge in [-0.05, 0) is 60.8 Å². The summed E-state index contributed by atoms with van der Waals surface area (Å²) in [6.45, 7) is 4.29. The number of benzene rings is 1. The minimum Gasteiger partial charge on any atom is -0.256 e. The van der Waals surface area contributed by atoms with Crippen LogP contribution in [-0.2, 0) is 0 Å². The number of aromatic nitrogens is 1. The molecule has 1 nitrogen and oxygen atoms in total. The molecular weight excluding hydrogens is 298 g/mol. The molecule has 1 aromatic carbocycles. The van der Waals surface area contributed by atoms with Gasteiger partial charge in [0.1, 0.15) is 0 Å². The maximum Gasteiger partial charge on any atom is 0.0705 e. The third-order valence-electron chi connectivity index (χ3n) is 4.47. The van der Waals surface area contributed by atoms with E-state index in [1.54, 1.807) is 0 Å². The molecule has 0 unspecified atom stereocenters. The molecule has 0 aliphatic heterocycles. The van der Waals surface area contributed by atoms with Crippen molar-refractivity contribution in [2.24, 2.45) is 5.92 Å². The van der Waals surface area contributed by atoms with Gasteiger partial charge in [0.2, 0.25) is 0 Å². The van der Waals surface area contributed by atoms with Crippen LogP contribution >= 0.6 is 11.8 Å². The largest absolute Gasteiger partial charge is 0.256 e. The van der Waals surface area contributed by atoms with Gasteiger partial charge in [-0.25, -0.2) is 0 Å². The molecule has 0 saturated heterocycles. The average Bonchev–Trinajstić information content (AvgIpc) is 3.08. The highest BCUT2D eigenvalue weighted by molar-refractivity contribution is 7.99. The Morgan fingerprint density at radius 1 is 1.13 bits per heavy atom. The summed E-state index contributed by atoms with van der Waals surface area (Å²) >= 11 is 1.89. The Hall–Kier alpha value is -1.54. The second kappa shape index (κ2) is 7.83. The van der Waals surface area contributed by atoms with Crippen LogP contribution in [0.1, 0.15) is 49.4 Å². The van der Waals surface area contributed by atoms with E-state index in [4.69, 9.17) is 0 Å². The molecule has 23 heavy (non-hydrogen) atoms. The highest BCUT2D eigenvalue weighted by Gasteiger charge is 2.15. The van der Waals surface area contributed by atoms with Crippen LogP contribution in [0.4, 0.5) is 0 Å². The lowest BCUT2D eigenvalue weighted by atomic mass is 9.96. The van der Waals surface area contributed by atoms with Crippen molar-refractivity contribution in [1.29, 1.82) is 0 Å². The highest BCUT2D eigenvalue weighted by atomic mass is 32.2. The second-order valence-electron chi connectivity index (χ2n) is 6.30. The predicted octanol–water partition coefficient (Wildman–Crippen LogP) is 6.12. The molecule has 2 aromatic rings. The monoisotopic (exact) mass is 323 g/mol. The third kappa shape index (κ3) is 4.26. The van der Waals surface area contributed by atoms with Crippen LogP contribution in [-0.4, -0.2) is 10.7 Å². The van der Waals surface area contributed by atoms with Crippen molar-refractivity contribution in [3.8, 4) is 0 Å². The van der Waals surface area contributed by atoms with Crippen LogP contribution in [0.15, 0.2) is 53.6 Å². The molecule has 1 aromatic heterocycles. The zero-order valence-electron chi connectivity index (χ0n) is 14.1. The Labute approximate surface area is 144 Å². The topological polar surface area (TPSA) is 12.9 Å². The lowest BCUT2D eigenvalue weighted by Crippen LogP contribution is -1.96. The summed E-state index contributed by atoms with van der Waals surface area (Å²) in [6.07, 6.45) is 9.80. The van der Waals surface area contributed by atoms with E-state index in [1.165, 1.54) is 47.3 Å². The maximum atomic E-state index is 4.68. The molecule has 0 spiro atoms. The molecule has 1 fully saturated rings. The molecule has 0 amide bonds.